The second kappa shape index (κ2) is 7.93. The summed E-state index contributed by atoms with van der Waals surface area (Å²) in [6.07, 6.45) is 3.07. The number of hydrogen-bond donors (Lipinski definition) is 3. The summed E-state index contributed by atoms with van der Waals surface area (Å²) >= 11 is 0. The van der Waals surface area contributed by atoms with E-state index >= 15 is 0 Å². The van der Waals surface area contributed by atoms with Gasteiger partial charge in [0.25, 0.3) is 5.91 Å². The smallest absolute Gasteiger partial charge is 0.444 e. The third-order valence-corrected chi connectivity index (χ3v) is 4.47. The van der Waals surface area contributed by atoms with Crippen molar-refractivity contribution in [2.45, 2.75) is 44.9 Å². The molecule has 2 atom stereocenters. The Labute approximate surface area is 157 Å². The van der Waals surface area contributed by atoms with Crippen LogP contribution in [0.5, 0.6) is 0 Å². The molecular formula is C16H25N3O7P+. The van der Waals surface area contributed by atoms with Gasteiger partial charge in [0.05, 0.1) is 19.2 Å². The largest absolute Gasteiger partial charge is 0.469 e. The standard InChI is InChI=1S/C16H24N3O7P/c1-16(2,3)26-15(21)19-9-12(7-13(19)10-25-27(22,23)24)18-6-4-5-11(8-18)14(17)20/h4-6,8,12-13H,7,9-10H2,1-3H3,(H3-,17,20,22,23,24)/p+1/t12?,13-/m0/s1. The van der Waals surface area contributed by atoms with Gasteiger partial charge in [-0.25, -0.2) is 9.36 Å². The zero-order chi connectivity index (χ0) is 20.4. The van der Waals surface area contributed by atoms with Crippen LogP contribution in [0.3, 0.4) is 0 Å². The molecule has 1 aliphatic rings. The highest BCUT2D eigenvalue weighted by Gasteiger charge is 2.42. The molecule has 0 radical (unpaired) electrons. The van der Waals surface area contributed by atoms with Crippen LogP contribution in [-0.4, -0.2) is 51.5 Å². The quantitative estimate of drug-likeness (QED) is 0.487. The van der Waals surface area contributed by atoms with Crippen LogP contribution in [-0.2, 0) is 13.8 Å². The van der Waals surface area contributed by atoms with E-state index in [9.17, 15) is 14.2 Å². The number of carbonyl (C=O) groups excluding carboxylic acids is 2. The molecule has 2 amide bonds. The summed E-state index contributed by atoms with van der Waals surface area (Å²) in [6.45, 7) is 5.08. The number of rotatable bonds is 5. The van der Waals surface area contributed by atoms with Gasteiger partial charge in [0.2, 0.25) is 0 Å². The van der Waals surface area contributed by atoms with Crippen LogP contribution in [0.15, 0.2) is 24.5 Å². The molecule has 10 nitrogen and oxygen atoms in total. The minimum atomic E-state index is -4.68. The molecule has 1 unspecified atom stereocenters. The number of amides is 2. The molecule has 1 aliphatic heterocycles. The predicted octanol–water partition coefficient (Wildman–Crippen LogP) is 0.733. The van der Waals surface area contributed by atoms with Gasteiger partial charge in [0.15, 0.2) is 18.4 Å². The monoisotopic (exact) mass is 402 g/mol. The fourth-order valence-corrected chi connectivity index (χ4v) is 3.23. The lowest BCUT2D eigenvalue weighted by atomic mass is 10.1. The fraction of sp³-hybridized carbons (Fsp3) is 0.562. The molecule has 0 saturated carbocycles. The molecule has 0 spiro atoms. The van der Waals surface area contributed by atoms with Crippen LogP contribution in [0.25, 0.3) is 0 Å². The van der Waals surface area contributed by atoms with Crippen molar-refractivity contribution in [3.05, 3.63) is 30.1 Å². The first kappa shape index (κ1) is 21.3. The van der Waals surface area contributed by atoms with Crippen molar-refractivity contribution in [1.82, 2.24) is 4.90 Å². The summed E-state index contributed by atoms with van der Waals surface area (Å²) in [5.41, 5.74) is 4.90. The number of hydrogen-bond acceptors (Lipinski definition) is 5. The van der Waals surface area contributed by atoms with Crippen LogP contribution in [0.2, 0.25) is 0 Å². The highest BCUT2D eigenvalue weighted by atomic mass is 31.2. The number of phosphoric acid groups is 1. The van der Waals surface area contributed by atoms with Gasteiger partial charge in [-0.15, -0.1) is 0 Å². The zero-order valence-corrected chi connectivity index (χ0v) is 16.3. The van der Waals surface area contributed by atoms with Crippen LogP contribution in [0, 0.1) is 0 Å². The summed E-state index contributed by atoms with van der Waals surface area (Å²) in [4.78, 5) is 43.2. The number of aromatic nitrogens is 1. The lowest BCUT2D eigenvalue weighted by Crippen LogP contribution is -2.44. The molecule has 2 heterocycles. The van der Waals surface area contributed by atoms with Crippen molar-refractivity contribution in [2.24, 2.45) is 5.73 Å². The Morgan fingerprint density at radius 1 is 1.41 bits per heavy atom. The van der Waals surface area contributed by atoms with Gasteiger partial charge in [-0.05, 0) is 26.8 Å². The molecule has 1 fully saturated rings. The van der Waals surface area contributed by atoms with Gasteiger partial charge in [-0.3, -0.25) is 14.2 Å². The minimum Gasteiger partial charge on any atom is -0.444 e. The van der Waals surface area contributed by atoms with Crippen molar-refractivity contribution >= 4 is 19.8 Å². The van der Waals surface area contributed by atoms with Crippen LogP contribution >= 0.6 is 7.82 Å². The molecule has 27 heavy (non-hydrogen) atoms. The summed E-state index contributed by atoms with van der Waals surface area (Å²) in [7, 11) is -4.68. The molecular weight excluding hydrogens is 377 g/mol. The normalized spacial score (nSPS) is 20.6. The molecule has 150 valence electrons. The lowest BCUT2D eigenvalue weighted by Gasteiger charge is -2.27. The van der Waals surface area contributed by atoms with E-state index in [2.05, 4.69) is 4.52 Å². The number of likely N-dealkylation sites (tertiary alicyclic amines) is 1. The highest BCUT2D eigenvalue weighted by Crippen LogP contribution is 2.37. The number of nitrogens with zero attached hydrogens (tertiary/aromatic N) is 2. The van der Waals surface area contributed by atoms with Crippen LogP contribution in [0.1, 0.15) is 43.6 Å². The molecule has 4 N–H and O–H groups in total. The first-order chi connectivity index (χ1) is 12.4. The molecule has 0 aliphatic carbocycles. The fourth-order valence-electron chi connectivity index (χ4n) is 2.86. The van der Waals surface area contributed by atoms with Crippen molar-refractivity contribution in [3.63, 3.8) is 0 Å². The number of nitrogens with two attached hydrogens (primary N) is 1. The SMILES string of the molecule is CC(C)(C)OC(=O)N1CC([n+]2cccc(C(N)=O)c2)C[C@H]1COP(=O)(O)O. The third-order valence-electron chi connectivity index (χ3n) is 3.98. The molecule has 1 aromatic rings. The highest BCUT2D eigenvalue weighted by molar-refractivity contribution is 7.46. The summed E-state index contributed by atoms with van der Waals surface area (Å²) < 4.78 is 22.8. The first-order valence-corrected chi connectivity index (χ1v) is 9.89. The Morgan fingerprint density at radius 2 is 2.07 bits per heavy atom. The van der Waals surface area contributed by atoms with E-state index in [1.807, 2.05) is 0 Å². The van der Waals surface area contributed by atoms with Crippen molar-refractivity contribution in [2.75, 3.05) is 13.2 Å². The minimum absolute atomic E-state index is 0.233. The van der Waals surface area contributed by atoms with Crippen molar-refractivity contribution in [1.29, 1.82) is 0 Å². The van der Waals surface area contributed by atoms with Gasteiger partial charge >= 0.3 is 13.9 Å². The molecule has 11 heteroatoms. The average Bonchev–Trinajstić information content (AvgIpc) is 2.95. The van der Waals surface area contributed by atoms with E-state index in [1.165, 1.54) is 4.90 Å². The van der Waals surface area contributed by atoms with Gasteiger partial charge in [-0.1, -0.05) is 0 Å². The van der Waals surface area contributed by atoms with E-state index in [4.69, 9.17) is 20.3 Å². The maximum absolute atomic E-state index is 12.5. The summed E-state index contributed by atoms with van der Waals surface area (Å²) in [6, 6.07) is 2.41. The number of phosphoric ester groups is 1. The van der Waals surface area contributed by atoms with Gasteiger partial charge in [0.1, 0.15) is 11.2 Å². The maximum Gasteiger partial charge on any atom is 0.469 e. The Kier molecular flexibility index (Phi) is 6.26. The second-order valence-electron chi connectivity index (χ2n) is 7.37. The number of primary amides is 1. The van der Waals surface area contributed by atoms with Gasteiger partial charge in [0, 0.05) is 12.5 Å². The number of carbonyl (C=O) groups is 2. The summed E-state index contributed by atoms with van der Waals surface area (Å²) in [5, 5.41) is 0. The van der Waals surface area contributed by atoms with Crippen LogP contribution < -0.4 is 10.3 Å². The second-order valence-corrected chi connectivity index (χ2v) is 8.61. The van der Waals surface area contributed by atoms with E-state index in [0.717, 1.165) is 0 Å². The Morgan fingerprint density at radius 3 is 2.63 bits per heavy atom. The van der Waals surface area contributed by atoms with E-state index in [0.29, 0.717) is 12.0 Å². The molecule has 0 bridgehead atoms. The molecule has 2 rings (SSSR count). The summed E-state index contributed by atoms with van der Waals surface area (Å²) in [5.74, 6) is -0.576. The van der Waals surface area contributed by atoms with Crippen molar-refractivity contribution in [3.8, 4) is 0 Å². The topological polar surface area (TPSA) is 143 Å². The third kappa shape index (κ3) is 6.28. The van der Waals surface area contributed by atoms with E-state index in [1.54, 1.807) is 49.9 Å². The van der Waals surface area contributed by atoms with Crippen LogP contribution in [0.4, 0.5) is 4.79 Å². The van der Waals surface area contributed by atoms with E-state index in [-0.39, 0.29) is 19.2 Å². The number of ether oxygens (including phenoxy) is 1. The Bertz CT molecular complexity index is 759. The molecule has 0 aromatic carbocycles. The lowest BCUT2D eigenvalue weighted by molar-refractivity contribution is -0.719. The molecule has 1 aromatic heterocycles. The Hall–Kier alpha value is -2.00. The number of pyridine rings is 1. The van der Waals surface area contributed by atoms with Gasteiger partial charge in [-0.2, -0.15) is 4.57 Å². The average molecular weight is 402 g/mol. The van der Waals surface area contributed by atoms with E-state index < -0.39 is 31.5 Å². The Balaban J connectivity index is 2.22. The predicted molar refractivity (Wildman–Crippen MR) is 93.5 cm³/mol. The molecule has 1 saturated heterocycles. The van der Waals surface area contributed by atoms with Crippen molar-refractivity contribution < 1.29 is 37.8 Å². The zero-order valence-electron chi connectivity index (χ0n) is 15.4. The van der Waals surface area contributed by atoms with Gasteiger partial charge < -0.3 is 20.3 Å². The first-order valence-electron chi connectivity index (χ1n) is 8.36. The maximum atomic E-state index is 12.5.